The molecule has 3 nitrogen and oxygen atoms in total. The summed E-state index contributed by atoms with van der Waals surface area (Å²) in [6, 6.07) is 61.0. The van der Waals surface area contributed by atoms with Crippen LogP contribution in [0.3, 0.4) is 0 Å². The van der Waals surface area contributed by atoms with E-state index in [9.17, 15) is 0 Å². The monoisotopic (exact) mass is 951 g/mol. The van der Waals surface area contributed by atoms with Crippen LogP contribution < -0.4 is 4.40 Å². The molecule has 0 saturated heterocycles. The van der Waals surface area contributed by atoms with Gasteiger partial charge in [-0.25, -0.2) is 0 Å². The molecule has 0 unspecified atom stereocenters. The Bertz CT molecular complexity index is 2690. The summed E-state index contributed by atoms with van der Waals surface area (Å²) in [5.41, 5.74) is 13.7. The van der Waals surface area contributed by atoms with E-state index in [0.29, 0.717) is 0 Å². The summed E-state index contributed by atoms with van der Waals surface area (Å²) in [6.45, 7) is 2.12. The number of benzene rings is 6. The summed E-state index contributed by atoms with van der Waals surface area (Å²) < 4.78 is 7.82. The molecule has 6 aromatic carbocycles. The van der Waals surface area contributed by atoms with Gasteiger partial charge in [-0.2, -0.15) is 0 Å². The second-order valence-corrected chi connectivity index (χ2v) is 25.2. The number of fused-ring (bicyclic) bond motifs is 3. The fraction of sp³-hybridized carbons (Fsp3) is 0.0800. The van der Waals surface area contributed by atoms with Gasteiger partial charge in [0.15, 0.2) is 0 Å². The van der Waals surface area contributed by atoms with Crippen molar-refractivity contribution in [2.75, 3.05) is 0 Å². The molecule has 3 heterocycles. The maximum absolute atomic E-state index is 6.38. The average Bonchev–Trinajstić information content (AvgIpc) is 3.60. The molecule has 271 valence electrons. The molecule has 0 fully saturated rings. The number of nitrogens with zero attached hydrogens (tertiary/aromatic N) is 2. The van der Waals surface area contributed by atoms with E-state index >= 15 is 0 Å². The SMILES string of the molecule is Cc1cc(-c2[c-]ccc3c2oc2cc(-c4ccccc4)ccc23)ncc1-c1ccccc1.[CH3][Ge]([CH3])([CH3])[c]1ccc(-c2[c-]ccc(-c3ccccc3)c2)nc1.[Ir]. The van der Waals surface area contributed by atoms with Crippen LogP contribution in [0.1, 0.15) is 5.56 Å². The Hall–Kier alpha value is -5.39. The minimum Gasteiger partial charge on any atom is 0 e. The minimum absolute atomic E-state index is 0. The summed E-state index contributed by atoms with van der Waals surface area (Å²) in [7, 11) is 0. The Kier molecular flexibility index (Phi) is 11.4. The van der Waals surface area contributed by atoms with Gasteiger partial charge in [0.25, 0.3) is 0 Å². The predicted molar refractivity (Wildman–Crippen MR) is 228 cm³/mol. The van der Waals surface area contributed by atoms with Gasteiger partial charge in [0.1, 0.15) is 5.58 Å². The fourth-order valence-electron chi connectivity index (χ4n) is 6.78. The van der Waals surface area contributed by atoms with E-state index in [1.807, 2.05) is 36.5 Å². The quantitative estimate of drug-likeness (QED) is 0.123. The third kappa shape index (κ3) is 8.33. The normalized spacial score (nSPS) is 11.1. The van der Waals surface area contributed by atoms with Crippen molar-refractivity contribution in [3.63, 3.8) is 0 Å². The summed E-state index contributed by atoms with van der Waals surface area (Å²) in [4.78, 5) is 9.45. The van der Waals surface area contributed by atoms with Gasteiger partial charge in [-0.15, -0.1) is 18.2 Å². The van der Waals surface area contributed by atoms with Crippen LogP contribution in [0.2, 0.25) is 17.3 Å². The average molecular weight is 950 g/mol. The maximum Gasteiger partial charge on any atom is 0 e. The third-order valence-electron chi connectivity index (χ3n) is 9.81. The number of furan rings is 1. The molecule has 1 radical (unpaired) electrons. The van der Waals surface area contributed by atoms with Crippen molar-refractivity contribution in [2.45, 2.75) is 24.2 Å². The van der Waals surface area contributed by atoms with Crippen molar-refractivity contribution >= 4 is 39.6 Å². The van der Waals surface area contributed by atoms with Crippen molar-refractivity contribution in [1.29, 1.82) is 0 Å². The summed E-state index contributed by atoms with van der Waals surface area (Å²) >= 11 is -1.79. The fourth-order valence-corrected chi connectivity index (χ4v) is 8.95. The number of pyridine rings is 2. The first-order valence-corrected chi connectivity index (χ1v) is 25.6. The van der Waals surface area contributed by atoms with E-state index in [-0.39, 0.29) is 20.1 Å². The Morgan fingerprint density at radius 3 is 1.76 bits per heavy atom. The Balaban J connectivity index is 0.000000178. The van der Waals surface area contributed by atoms with Gasteiger partial charge < -0.3 is 9.40 Å². The number of hydrogen-bond donors (Lipinski definition) is 0. The molecular formula is C50H40GeIrN2O-2. The molecule has 0 spiro atoms. The molecule has 0 aliphatic carbocycles. The van der Waals surface area contributed by atoms with Crippen molar-refractivity contribution in [2.24, 2.45) is 0 Å². The molecule has 3 aromatic heterocycles. The molecule has 0 aliphatic rings. The van der Waals surface area contributed by atoms with Gasteiger partial charge in [0.05, 0.1) is 5.58 Å². The van der Waals surface area contributed by atoms with E-state index in [2.05, 4.69) is 175 Å². The van der Waals surface area contributed by atoms with E-state index in [0.717, 1.165) is 55.6 Å². The van der Waals surface area contributed by atoms with E-state index in [1.165, 1.54) is 32.2 Å². The Morgan fingerprint density at radius 1 is 0.527 bits per heavy atom. The molecule has 0 amide bonds. The maximum atomic E-state index is 6.38. The van der Waals surface area contributed by atoms with Crippen LogP contribution >= 0.6 is 0 Å². The van der Waals surface area contributed by atoms with Crippen LogP contribution in [0.25, 0.3) is 77.8 Å². The zero-order valence-electron chi connectivity index (χ0n) is 31.3. The Labute approximate surface area is 339 Å². The summed E-state index contributed by atoms with van der Waals surface area (Å²) in [5, 5.41) is 2.19. The van der Waals surface area contributed by atoms with Crippen LogP contribution in [-0.2, 0) is 20.1 Å². The molecule has 0 atom stereocenters. The molecule has 0 aliphatic heterocycles. The van der Waals surface area contributed by atoms with Gasteiger partial charge in [-0.1, -0.05) is 89.8 Å². The van der Waals surface area contributed by atoms with Crippen molar-refractivity contribution in [3.05, 3.63) is 188 Å². The van der Waals surface area contributed by atoms with Crippen LogP contribution in [0.15, 0.2) is 175 Å². The van der Waals surface area contributed by atoms with Crippen molar-refractivity contribution in [3.8, 4) is 55.9 Å². The Morgan fingerprint density at radius 2 is 1.15 bits per heavy atom. The molecule has 0 saturated carbocycles. The minimum atomic E-state index is -1.79. The van der Waals surface area contributed by atoms with Gasteiger partial charge in [0, 0.05) is 37.3 Å². The van der Waals surface area contributed by atoms with Gasteiger partial charge >= 0.3 is 135 Å². The van der Waals surface area contributed by atoms with Gasteiger partial charge in [-0.3, -0.25) is 0 Å². The van der Waals surface area contributed by atoms with Crippen molar-refractivity contribution < 1.29 is 24.5 Å². The number of rotatable bonds is 6. The second-order valence-electron chi connectivity index (χ2n) is 14.6. The number of hydrogen-bond acceptors (Lipinski definition) is 3. The number of aryl methyl sites for hydroxylation is 1. The second kappa shape index (κ2) is 16.5. The first-order chi connectivity index (χ1) is 26.3. The summed E-state index contributed by atoms with van der Waals surface area (Å²) in [6.07, 6.45) is 4.00. The van der Waals surface area contributed by atoms with Crippen LogP contribution in [-0.4, -0.2) is 23.2 Å². The molecular weight excluding hydrogens is 909 g/mol. The predicted octanol–water partition coefficient (Wildman–Crippen LogP) is 12.8. The zero-order chi connectivity index (χ0) is 37.1. The molecule has 9 aromatic rings. The molecule has 9 rings (SSSR count). The third-order valence-corrected chi connectivity index (χ3v) is 14.1. The molecule has 55 heavy (non-hydrogen) atoms. The first kappa shape index (κ1) is 37.9. The van der Waals surface area contributed by atoms with E-state index in [4.69, 9.17) is 9.40 Å². The molecule has 5 heteroatoms. The van der Waals surface area contributed by atoms with Gasteiger partial charge in [0.2, 0.25) is 0 Å². The van der Waals surface area contributed by atoms with E-state index < -0.39 is 13.3 Å². The number of aromatic nitrogens is 2. The largest absolute Gasteiger partial charge is 0 e. The van der Waals surface area contributed by atoms with Crippen LogP contribution in [0, 0.1) is 19.1 Å². The molecule has 0 bridgehead atoms. The smallest absolute Gasteiger partial charge is 0 e. The summed E-state index contributed by atoms with van der Waals surface area (Å²) in [5.74, 6) is 7.16. The van der Waals surface area contributed by atoms with Crippen LogP contribution in [0.5, 0.6) is 0 Å². The zero-order valence-corrected chi connectivity index (χ0v) is 35.8. The first-order valence-electron chi connectivity index (χ1n) is 18.3. The van der Waals surface area contributed by atoms with Crippen LogP contribution in [0.4, 0.5) is 0 Å². The van der Waals surface area contributed by atoms with Crippen molar-refractivity contribution in [1.82, 2.24) is 9.97 Å². The standard InChI is InChI=1S/C30H20NO.C20H20GeN.Ir/c1-20-17-28(31-19-27(20)22-11-6-3-7-12-22)26-14-8-13-25-24-16-15-23(18-29(24)32-30(25)26)21-9-4-2-5-10-21;1-21(2,3)19-12-13-20(22-15-19)18-11-7-10-17(14-18)16-8-5-4-6-9-16;/h2-13,15-19H,1H3;4-10,12-15H,1-3H3;/q2*-1;. The van der Waals surface area contributed by atoms with Gasteiger partial charge in [-0.05, 0) is 40.9 Å². The topological polar surface area (TPSA) is 38.9 Å². The molecule has 0 N–H and O–H groups in total. The van der Waals surface area contributed by atoms with E-state index in [1.54, 1.807) is 0 Å².